The first-order valence-electron chi connectivity index (χ1n) is 6.15. The van der Waals surface area contributed by atoms with Gasteiger partial charge in [0.2, 0.25) is 5.91 Å². The van der Waals surface area contributed by atoms with Crippen molar-refractivity contribution in [3.05, 3.63) is 24.3 Å². The van der Waals surface area contributed by atoms with Crippen LogP contribution in [-0.4, -0.2) is 32.3 Å². The lowest BCUT2D eigenvalue weighted by atomic mass is 10.2. The van der Waals surface area contributed by atoms with Gasteiger partial charge in [0.1, 0.15) is 5.75 Å². The van der Waals surface area contributed by atoms with Gasteiger partial charge in [-0.3, -0.25) is 4.79 Å². The Hall–Kier alpha value is -1.76. The van der Waals surface area contributed by atoms with Gasteiger partial charge in [-0.15, -0.1) is 0 Å². The van der Waals surface area contributed by atoms with Crippen LogP contribution in [-0.2, 0) is 4.79 Å². The molecule has 0 aliphatic rings. The molecule has 0 saturated carbocycles. The molecule has 112 valence electrons. The molecule has 1 rings (SSSR count). The fourth-order valence-corrected chi connectivity index (χ4v) is 1.48. The average Bonchev–Trinajstić information content (AvgIpc) is 2.36. The van der Waals surface area contributed by atoms with Gasteiger partial charge in [0.05, 0.1) is 0 Å². The first kappa shape index (κ1) is 16.3. The molecule has 0 bridgehead atoms. The number of halogens is 3. The third-order valence-corrected chi connectivity index (χ3v) is 2.35. The third kappa shape index (κ3) is 6.98. The number of carbonyl (C=O) groups is 1. The second-order valence-corrected chi connectivity index (χ2v) is 4.19. The van der Waals surface area contributed by atoms with Crippen LogP contribution in [0.1, 0.15) is 12.8 Å². The molecule has 1 amide bonds. The highest BCUT2D eigenvalue weighted by Gasteiger charge is 2.28. The molecule has 0 fully saturated rings. The highest BCUT2D eigenvalue weighted by molar-refractivity contribution is 5.90. The molecule has 1 aromatic carbocycles. The number of amides is 1. The molecule has 0 heterocycles. The van der Waals surface area contributed by atoms with Gasteiger partial charge in [0.15, 0.2) is 6.61 Å². The maximum absolute atomic E-state index is 12.0. The van der Waals surface area contributed by atoms with Crippen molar-refractivity contribution in [1.29, 1.82) is 0 Å². The van der Waals surface area contributed by atoms with Crippen LogP contribution in [0.2, 0.25) is 0 Å². The molecule has 20 heavy (non-hydrogen) atoms. The highest BCUT2D eigenvalue weighted by Crippen LogP contribution is 2.21. The van der Waals surface area contributed by atoms with Crippen LogP contribution in [0.4, 0.5) is 18.9 Å². The summed E-state index contributed by atoms with van der Waals surface area (Å²) in [5.74, 6) is -0.122. The number of carbonyl (C=O) groups excluding carboxylic acids is 1. The summed E-state index contributed by atoms with van der Waals surface area (Å²) >= 11 is 0. The quantitative estimate of drug-likeness (QED) is 0.759. The van der Waals surface area contributed by atoms with Gasteiger partial charge in [-0.25, -0.2) is 0 Å². The van der Waals surface area contributed by atoms with Crippen molar-refractivity contribution in [3.63, 3.8) is 0 Å². The normalized spacial score (nSPS) is 11.2. The van der Waals surface area contributed by atoms with Crippen molar-refractivity contribution < 1.29 is 22.7 Å². The summed E-state index contributed by atoms with van der Waals surface area (Å²) in [6, 6.07) is 5.88. The van der Waals surface area contributed by atoms with E-state index in [2.05, 4.69) is 15.4 Å². The van der Waals surface area contributed by atoms with Gasteiger partial charge >= 0.3 is 6.18 Å². The fraction of sp³-hybridized carbons (Fsp3) is 0.462. The van der Waals surface area contributed by atoms with Crippen molar-refractivity contribution in [1.82, 2.24) is 5.32 Å². The zero-order valence-corrected chi connectivity index (χ0v) is 11.1. The highest BCUT2D eigenvalue weighted by atomic mass is 19.4. The lowest BCUT2D eigenvalue weighted by Gasteiger charge is -2.11. The lowest BCUT2D eigenvalue weighted by Crippen LogP contribution is -2.19. The van der Waals surface area contributed by atoms with E-state index in [-0.39, 0.29) is 11.7 Å². The number of nitrogens with one attached hydrogen (secondary N) is 2. The summed E-state index contributed by atoms with van der Waals surface area (Å²) in [5, 5.41) is 5.53. The van der Waals surface area contributed by atoms with Crippen molar-refractivity contribution in [2.75, 3.05) is 25.5 Å². The summed E-state index contributed by atoms with van der Waals surface area (Å²) in [6.07, 6.45) is -3.35. The SMILES string of the molecule is CNCCCC(=O)Nc1cccc(OCC(F)(F)F)c1. The molecule has 0 unspecified atom stereocenters. The van der Waals surface area contributed by atoms with Crippen LogP contribution >= 0.6 is 0 Å². The third-order valence-electron chi connectivity index (χ3n) is 2.35. The molecule has 4 nitrogen and oxygen atoms in total. The Balaban J connectivity index is 2.49. The average molecular weight is 290 g/mol. The van der Waals surface area contributed by atoms with Gasteiger partial charge in [-0.2, -0.15) is 13.2 Å². The largest absolute Gasteiger partial charge is 0.484 e. The number of hydrogen-bond donors (Lipinski definition) is 2. The maximum Gasteiger partial charge on any atom is 0.422 e. The number of rotatable bonds is 7. The fourth-order valence-electron chi connectivity index (χ4n) is 1.48. The first-order valence-corrected chi connectivity index (χ1v) is 6.15. The molecule has 0 spiro atoms. The summed E-state index contributed by atoms with van der Waals surface area (Å²) in [7, 11) is 1.79. The summed E-state index contributed by atoms with van der Waals surface area (Å²) in [5.41, 5.74) is 0.416. The van der Waals surface area contributed by atoms with Gasteiger partial charge in [0.25, 0.3) is 0 Å². The zero-order valence-electron chi connectivity index (χ0n) is 11.1. The molecular formula is C13H17F3N2O2. The van der Waals surface area contributed by atoms with Gasteiger partial charge in [-0.05, 0) is 32.1 Å². The summed E-state index contributed by atoms with van der Waals surface area (Å²) in [6.45, 7) is -0.630. The Kier molecular flexibility index (Phi) is 6.30. The van der Waals surface area contributed by atoms with Gasteiger partial charge < -0.3 is 15.4 Å². The van der Waals surface area contributed by atoms with E-state index in [0.29, 0.717) is 18.5 Å². The second-order valence-electron chi connectivity index (χ2n) is 4.19. The molecule has 0 aromatic heterocycles. The molecule has 0 atom stereocenters. The van der Waals surface area contributed by atoms with Crippen molar-refractivity contribution in [2.24, 2.45) is 0 Å². The van der Waals surface area contributed by atoms with Crippen LogP contribution < -0.4 is 15.4 Å². The van der Waals surface area contributed by atoms with Crippen molar-refractivity contribution >= 4 is 11.6 Å². The van der Waals surface area contributed by atoms with Gasteiger partial charge in [-0.1, -0.05) is 6.07 Å². The van der Waals surface area contributed by atoms with E-state index >= 15 is 0 Å². The topological polar surface area (TPSA) is 50.4 Å². The Bertz CT molecular complexity index is 436. The molecule has 7 heteroatoms. The Labute approximate surface area is 115 Å². The predicted octanol–water partition coefficient (Wildman–Crippen LogP) is 2.57. The first-order chi connectivity index (χ1) is 9.40. The van der Waals surface area contributed by atoms with Crippen LogP contribution in [0, 0.1) is 0 Å². The molecular weight excluding hydrogens is 273 g/mol. The maximum atomic E-state index is 12.0. The van der Waals surface area contributed by atoms with E-state index in [0.717, 1.165) is 6.54 Å². The lowest BCUT2D eigenvalue weighted by molar-refractivity contribution is -0.153. The van der Waals surface area contributed by atoms with Crippen LogP contribution in [0.25, 0.3) is 0 Å². The predicted molar refractivity (Wildman–Crippen MR) is 69.8 cm³/mol. The number of benzene rings is 1. The van der Waals surface area contributed by atoms with E-state index in [9.17, 15) is 18.0 Å². The molecule has 0 radical (unpaired) electrons. The molecule has 0 aliphatic heterocycles. The Morgan fingerprint density at radius 2 is 2.10 bits per heavy atom. The number of anilines is 1. The van der Waals surface area contributed by atoms with E-state index in [1.54, 1.807) is 13.1 Å². The van der Waals surface area contributed by atoms with E-state index in [4.69, 9.17) is 0 Å². The van der Waals surface area contributed by atoms with Crippen LogP contribution in [0.3, 0.4) is 0 Å². The number of ether oxygens (including phenoxy) is 1. The minimum atomic E-state index is -4.38. The smallest absolute Gasteiger partial charge is 0.422 e. The van der Waals surface area contributed by atoms with E-state index < -0.39 is 12.8 Å². The van der Waals surface area contributed by atoms with E-state index in [1.165, 1.54) is 18.2 Å². The Morgan fingerprint density at radius 3 is 2.75 bits per heavy atom. The standard InChI is InChI=1S/C13H17F3N2O2/c1-17-7-3-6-12(19)18-10-4-2-5-11(8-10)20-9-13(14,15)16/h2,4-5,8,17H,3,6-7,9H2,1H3,(H,18,19). The van der Waals surface area contributed by atoms with Crippen LogP contribution in [0.15, 0.2) is 24.3 Å². The molecule has 2 N–H and O–H groups in total. The molecule has 1 aromatic rings. The minimum Gasteiger partial charge on any atom is -0.484 e. The Morgan fingerprint density at radius 1 is 1.35 bits per heavy atom. The second kappa shape index (κ2) is 7.74. The molecule has 0 saturated heterocycles. The van der Waals surface area contributed by atoms with Crippen molar-refractivity contribution in [3.8, 4) is 5.75 Å². The molecule has 0 aliphatic carbocycles. The van der Waals surface area contributed by atoms with E-state index in [1.807, 2.05) is 0 Å². The summed E-state index contributed by atoms with van der Waals surface area (Å²) in [4.78, 5) is 11.6. The monoisotopic (exact) mass is 290 g/mol. The minimum absolute atomic E-state index is 0.0651. The van der Waals surface area contributed by atoms with Gasteiger partial charge in [0, 0.05) is 18.2 Å². The number of hydrogen-bond acceptors (Lipinski definition) is 3. The zero-order chi connectivity index (χ0) is 15.0. The van der Waals surface area contributed by atoms with Crippen LogP contribution in [0.5, 0.6) is 5.75 Å². The van der Waals surface area contributed by atoms with Crippen molar-refractivity contribution in [2.45, 2.75) is 19.0 Å². The number of alkyl halides is 3. The summed E-state index contributed by atoms with van der Waals surface area (Å²) < 4.78 is 40.7.